The number of hydrogen-bond acceptors (Lipinski definition) is 4. The van der Waals surface area contributed by atoms with E-state index in [9.17, 15) is 8.42 Å². The number of nitrogens with zero attached hydrogens (tertiary/aromatic N) is 3. The van der Waals surface area contributed by atoms with Crippen LogP contribution in [0.2, 0.25) is 0 Å². The number of hydrogen-bond donors (Lipinski definition) is 1. The molecule has 2 aliphatic rings. The summed E-state index contributed by atoms with van der Waals surface area (Å²) in [6.07, 6.45) is 4.20. The second-order valence-corrected chi connectivity index (χ2v) is 7.63. The van der Waals surface area contributed by atoms with Crippen LogP contribution in [0, 0.1) is 0 Å². The van der Waals surface area contributed by atoms with Crippen molar-refractivity contribution in [2.75, 3.05) is 45.8 Å². The van der Waals surface area contributed by atoms with Crippen molar-refractivity contribution in [3.05, 3.63) is 11.6 Å². The summed E-state index contributed by atoms with van der Waals surface area (Å²) in [5.41, 5.74) is 1.31. The zero-order chi connectivity index (χ0) is 16.6. The number of carbonyl (C=O) groups is 1. The van der Waals surface area contributed by atoms with Crippen molar-refractivity contribution in [2.45, 2.75) is 26.7 Å². The minimum absolute atomic E-state index is 0.250. The maximum Gasteiger partial charge on any atom is 0.290 e. The molecule has 0 aliphatic carbocycles. The van der Waals surface area contributed by atoms with Gasteiger partial charge < -0.3 is 5.11 Å². The van der Waals surface area contributed by atoms with E-state index in [0.717, 1.165) is 32.5 Å². The molecule has 0 aromatic rings. The Balaban J connectivity index is 0.000000745. The van der Waals surface area contributed by atoms with Crippen LogP contribution in [0.15, 0.2) is 11.6 Å². The molecule has 0 unspecified atom stereocenters. The molecule has 0 amide bonds. The predicted octanol–water partition coefficient (Wildman–Crippen LogP) is 0.612. The van der Waals surface area contributed by atoms with Crippen LogP contribution in [-0.2, 0) is 15.0 Å². The molecule has 1 N–H and O–H groups in total. The third-order valence-corrected chi connectivity index (χ3v) is 5.84. The maximum absolute atomic E-state index is 12.4. The Morgan fingerprint density at radius 3 is 1.91 bits per heavy atom. The summed E-state index contributed by atoms with van der Waals surface area (Å²) in [6, 6.07) is 0. The molecule has 8 heteroatoms. The number of rotatable bonds is 4. The second kappa shape index (κ2) is 9.24. The van der Waals surface area contributed by atoms with Gasteiger partial charge in [-0.3, -0.25) is 9.69 Å². The van der Waals surface area contributed by atoms with Crippen molar-refractivity contribution in [1.29, 1.82) is 0 Å². The molecular formula is C14H27N3O4S. The molecule has 0 aromatic carbocycles. The van der Waals surface area contributed by atoms with Crippen LogP contribution in [-0.4, -0.2) is 79.3 Å². The van der Waals surface area contributed by atoms with Crippen molar-refractivity contribution >= 4 is 16.7 Å². The highest BCUT2D eigenvalue weighted by Crippen LogP contribution is 2.18. The SMILES string of the molecule is CC(C)=CCN1CCN(S(=O)(=O)N2CCCC2)CC1.O=CO. The number of carboxylic acid groups (broad SMARTS) is 1. The van der Waals surface area contributed by atoms with Crippen molar-refractivity contribution in [2.24, 2.45) is 0 Å². The molecule has 128 valence electrons. The Bertz CT molecular complexity index is 460. The largest absolute Gasteiger partial charge is 0.483 e. The lowest BCUT2D eigenvalue weighted by Crippen LogP contribution is -2.52. The van der Waals surface area contributed by atoms with E-state index in [-0.39, 0.29) is 6.47 Å². The van der Waals surface area contributed by atoms with E-state index < -0.39 is 10.2 Å². The minimum Gasteiger partial charge on any atom is -0.483 e. The zero-order valence-corrected chi connectivity index (χ0v) is 14.3. The fourth-order valence-electron chi connectivity index (χ4n) is 2.54. The van der Waals surface area contributed by atoms with Crippen LogP contribution in [0.25, 0.3) is 0 Å². The van der Waals surface area contributed by atoms with Gasteiger partial charge in [0.15, 0.2) is 0 Å². The first kappa shape index (κ1) is 19.1. The third-order valence-electron chi connectivity index (χ3n) is 3.81. The van der Waals surface area contributed by atoms with Crippen molar-refractivity contribution in [3.63, 3.8) is 0 Å². The quantitative estimate of drug-likeness (QED) is 0.602. The summed E-state index contributed by atoms with van der Waals surface area (Å²) in [4.78, 5) is 10.7. The average molecular weight is 333 g/mol. The number of piperazine rings is 1. The number of allylic oxidation sites excluding steroid dienone is 1. The van der Waals surface area contributed by atoms with Gasteiger partial charge in [0.1, 0.15) is 0 Å². The Morgan fingerprint density at radius 1 is 1.00 bits per heavy atom. The second-order valence-electron chi connectivity index (χ2n) is 5.70. The molecule has 0 radical (unpaired) electrons. The van der Waals surface area contributed by atoms with E-state index in [2.05, 4.69) is 24.8 Å². The van der Waals surface area contributed by atoms with E-state index in [1.807, 2.05) is 0 Å². The van der Waals surface area contributed by atoms with Crippen molar-refractivity contribution in [1.82, 2.24) is 13.5 Å². The molecule has 22 heavy (non-hydrogen) atoms. The van der Waals surface area contributed by atoms with Gasteiger partial charge in [0.25, 0.3) is 16.7 Å². The Hall–Kier alpha value is -0.960. The summed E-state index contributed by atoms with van der Waals surface area (Å²) in [6.45, 7) is 9.15. The van der Waals surface area contributed by atoms with Crippen LogP contribution in [0.4, 0.5) is 0 Å². The normalized spacial score (nSPS) is 21.0. The Labute approximate surface area is 133 Å². The Morgan fingerprint density at radius 2 is 1.45 bits per heavy atom. The standard InChI is InChI=1S/C13H25N3O2S.CH2O2/c1-13(2)5-8-14-9-11-16(12-10-14)19(17,18)15-6-3-4-7-15;2-1-3/h5H,3-4,6-12H2,1-2H3;1H,(H,2,3). The predicted molar refractivity (Wildman–Crippen MR) is 85.9 cm³/mol. The molecule has 0 saturated carbocycles. The van der Waals surface area contributed by atoms with Gasteiger partial charge in [-0.05, 0) is 26.7 Å². The molecule has 2 rings (SSSR count). The minimum atomic E-state index is -3.19. The topological polar surface area (TPSA) is 81.2 Å². The first-order valence-corrected chi connectivity index (χ1v) is 9.00. The van der Waals surface area contributed by atoms with Gasteiger partial charge in [-0.25, -0.2) is 0 Å². The summed E-state index contributed by atoms with van der Waals surface area (Å²) in [7, 11) is -3.19. The fraction of sp³-hybridized carbons (Fsp3) is 0.786. The van der Waals surface area contributed by atoms with E-state index in [4.69, 9.17) is 9.90 Å². The molecule has 2 aliphatic heterocycles. The summed E-state index contributed by atoms with van der Waals surface area (Å²) < 4.78 is 28.1. The summed E-state index contributed by atoms with van der Waals surface area (Å²) >= 11 is 0. The van der Waals surface area contributed by atoms with E-state index in [0.29, 0.717) is 26.2 Å². The molecule has 0 atom stereocenters. The van der Waals surface area contributed by atoms with E-state index >= 15 is 0 Å². The van der Waals surface area contributed by atoms with Crippen LogP contribution < -0.4 is 0 Å². The van der Waals surface area contributed by atoms with Gasteiger partial charge in [-0.2, -0.15) is 17.0 Å². The monoisotopic (exact) mass is 333 g/mol. The van der Waals surface area contributed by atoms with E-state index in [1.165, 1.54) is 5.57 Å². The lowest BCUT2D eigenvalue weighted by atomic mass is 10.3. The van der Waals surface area contributed by atoms with Crippen LogP contribution >= 0.6 is 0 Å². The first-order chi connectivity index (χ1) is 10.4. The maximum atomic E-state index is 12.4. The van der Waals surface area contributed by atoms with Crippen LogP contribution in [0.1, 0.15) is 26.7 Å². The lowest BCUT2D eigenvalue weighted by Gasteiger charge is -2.35. The molecule has 0 aromatic heterocycles. The molecule has 0 bridgehead atoms. The highest BCUT2D eigenvalue weighted by atomic mass is 32.2. The first-order valence-electron chi connectivity index (χ1n) is 7.60. The average Bonchev–Trinajstić information content (AvgIpc) is 3.01. The highest BCUT2D eigenvalue weighted by molar-refractivity contribution is 7.86. The smallest absolute Gasteiger partial charge is 0.290 e. The van der Waals surface area contributed by atoms with E-state index in [1.54, 1.807) is 8.61 Å². The molecule has 0 spiro atoms. The van der Waals surface area contributed by atoms with Crippen molar-refractivity contribution in [3.8, 4) is 0 Å². The van der Waals surface area contributed by atoms with Crippen LogP contribution in [0.3, 0.4) is 0 Å². The third kappa shape index (κ3) is 5.68. The van der Waals surface area contributed by atoms with Gasteiger partial charge in [-0.1, -0.05) is 11.6 Å². The summed E-state index contributed by atoms with van der Waals surface area (Å²) in [5.74, 6) is 0. The molecule has 2 saturated heterocycles. The van der Waals surface area contributed by atoms with Gasteiger partial charge in [0.2, 0.25) is 0 Å². The molecular weight excluding hydrogens is 306 g/mol. The highest BCUT2D eigenvalue weighted by Gasteiger charge is 2.33. The zero-order valence-electron chi connectivity index (χ0n) is 13.4. The lowest BCUT2D eigenvalue weighted by molar-refractivity contribution is -0.122. The Kier molecular flexibility index (Phi) is 8.02. The fourth-order valence-corrected chi connectivity index (χ4v) is 4.21. The van der Waals surface area contributed by atoms with Gasteiger partial charge >= 0.3 is 0 Å². The van der Waals surface area contributed by atoms with Crippen molar-refractivity contribution < 1.29 is 18.3 Å². The molecule has 2 heterocycles. The molecule has 2 fully saturated rings. The van der Waals surface area contributed by atoms with Gasteiger partial charge in [-0.15, -0.1) is 0 Å². The molecule has 7 nitrogen and oxygen atoms in total. The van der Waals surface area contributed by atoms with Gasteiger partial charge in [0.05, 0.1) is 0 Å². The van der Waals surface area contributed by atoms with Gasteiger partial charge in [0, 0.05) is 45.8 Å². The van der Waals surface area contributed by atoms with Crippen LogP contribution in [0.5, 0.6) is 0 Å². The summed E-state index contributed by atoms with van der Waals surface area (Å²) in [5, 5.41) is 6.89.